The minimum atomic E-state index is -0.00792. The zero-order valence-corrected chi connectivity index (χ0v) is 9.47. The zero-order chi connectivity index (χ0) is 10.3. The molecule has 3 nitrogen and oxygen atoms in total. The van der Waals surface area contributed by atoms with Crippen LogP contribution in [0.1, 0.15) is 27.2 Å². The molecular weight excluding hydrogens is 164 g/mol. The van der Waals surface area contributed by atoms with Gasteiger partial charge < -0.3 is 10.5 Å². The highest BCUT2D eigenvalue weighted by Gasteiger charge is 2.27. The van der Waals surface area contributed by atoms with E-state index < -0.39 is 0 Å². The summed E-state index contributed by atoms with van der Waals surface area (Å²) in [6.07, 6.45) is 1.15. The first kappa shape index (κ1) is 12.9. The van der Waals surface area contributed by atoms with Crippen LogP contribution in [0, 0.1) is 0 Å². The molecule has 0 aromatic rings. The topological polar surface area (TPSA) is 38.5 Å². The van der Waals surface area contributed by atoms with Gasteiger partial charge in [-0.3, -0.25) is 4.90 Å². The Balaban J connectivity index is 4.07. The third-order valence-electron chi connectivity index (χ3n) is 2.54. The fourth-order valence-corrected chi connectivity index (χ4v) is 1.25. The lowest BCUT2D eigenvalue weighted by molar-refractivity contribution is 0.0242. The van der Waals surface area contributed by atoms with Crippen molar-refractivity contribution < 1.29 is 4.74 Å². The third kappa shape index (κ3) is 4.07. The molecule has 0 aromatic heterocycles. The van der Waals surface area contributed by atoms with Gasteiger partial charge in [-0.05, 0) is 33.9 Å². The highest BCUT2D eigenvalue weighted by molar-refractivity contribution is 4.85. The molecule has 0 bridgehead atoms. The Morgan fingerprint density at radius 1 is 1.38 bits per heavy atom. The van der Waals surface area contributed by atoms with Crippen molar-refractivity contribution in [3.8, 4) is 0 Å². The molecule has 0 heterocycles. The molecule has 2 N–H and O–H groups in total. The molecule has 13 heavy (non-hydrogen) atoms. The van der Waals surface area contributed by atoms with Crippen LogP contribution in [0.5, 0.6) is 0 Å². The van der Waals surface area contributed by atoms with Crippen LogP contribution in [0.25, 0.3) is 0 Å². The van der Waals surface area contributed by atoms with Crippen LogP contribution in [0.2, 0.25) is 0 Å². The SMILES string of the molecule is CCCN(C)C(C)(CN)COCC. The van der Waals surface area contributed by atoms with Crippen molar-refractivity contribution in [2.75, 3.05) is 33.4 Å². The van der Waals surface area contributed by atoms with Gasteiger partial charge in [0, 0.05) is 13.2 Å². The summed E-state index contributed by atoms with van der Waals surface area (Å²) >= 11 is 0. The molecule has 0 aromatic carbocycles. The van der Waals surface area contributed by atoms with Gasteiger partial charge in [-0.25, -0.2) is 0 Å². The number of ether oxygens (including phenoxy) is 1. The monoisotopic (exact) mass is 188 g/mol. The summed E-state index contributed by atoms with van der Waals surface area (Å²) in [5, 5.41) is 0. The molecule has 1 atom stereocenters. The van der Waals surface area contributed by atoms with Gasteiger partial charge in [0.05, 0.1) is 12.1 Å². The summed E-state index contributed by atoms with van der Waals surface area (Å²) in [6, 6.07) is 0. The minimum Gasteiger partial charge on any atom is -0.380 e. The van der Waals surface area contributed by atoms with Crippen LogP contribution < -0.4 is 5.73 Å². The van der Waals surface area contributed by atoms with Gasteiger partial charge in [-0.2, -0.15) is 0 Å². The maximum Gasteiger partial charge on any atom is 0.0659 e. The Kier molecular flexibility index (Phi) is 6.29. The molecule has 0 rings (SSSR count). The second-order valence-corrected chi connectivity index (χ2v) is 3.76. The van der Waals surface area contributed by atoms with Crippen LogP contribution in [-0.4, -0.2) is 43.8 Å². The van der Waals surface area contributed by atoms with Crippen LogP contribution in [0.4, 0.5) is 0 Å². The van der Waals surface area contributed by atoms with Crippen molar-refractivity contribution in [1.29, 1.82) is 0 Å². The quantitative estimate of drug-likeness (QED) is 0.650. The number of rotatable bonds is 7. The molecule has 0 saturated carbocycles. The normalized spacial score (nSPS) is 16.2. The molecule has 0 saturated heterocycles. The highest BCUT2D eigenvalue weighted by atomic mass is 16.5. The lowest BCUT2D eigenvalue weighted by Gasteiger charge is -2.37. The van der Waals surface area contributed by atoms with Gasteiger partial charge in [0.1, 0.15) is 0 Å². The fraction of sp³-hybridized carbons (Fsp3) is 1.00. The van der Waals surface area contributed by atoms with E-state index in [2.05, 4.69) is 25.8 Å². The first-order chi connectivity index (χ1) is 6.10. The molecule has 1 unspecified atom stereocenters. The van der Waals surface area contributed by atoms with Crippen molar-refractivity contribution in [1.82, 2.24) is 4.90 Å². The van der Waals surface area contributed by atoms with E-state index in [4.69, 9.17) is 10.5 Å². The second-order valence-electron chi connectivity index (χ2n) is 3.76. The number of hydrogen-bond donors (Lipinski definition) is 1. The Labute approximate surface area is 82.2 Å². The smallest absolute Gasteiger partial charge is 0.0659 e. The van der Waals surface area contributed by atoms with E-state index in [1.165, 1.54) is 0 Å². The van der Waals surface area contributed by atoms with Crippen molar-refractivity contribution >= 4 is 0 Å². The molecule has 0 spiro atoms. The maximum atomic E-state index is 5.76. The molecule has 3 heteroatoms. The summed E-state index contributed by atoms with van der Waals surface area (Å²) in [6.45, 7) is 9.53. The minimum absolute atomic E-state index is 0.00792. The van der Waals surface area contributed by atoms with E-state index in [9.17, 15) is 0 Å². The van der Waals surface area contributed by atoms with Gasteiger partial charge in [-0.15, -0.1) is 0 Å². The van der Waals surface area contributed by atoms with E-state index >= 15 is 0 Å². The van der Waals surface area contributed by atoms with Crippen molar-refractivity contribution in [2.45, 2.75) is 32.7 Å². The van der Waals surface area contributed by atoms with Crippen molar-refractivity contribution in [3.63, 3.8) is 0 Å². The van der Waals surface area contributed by atoms with Gasteiger partial charge in [-0.1, -0.05) is 6.92 Å². The van der Waals surface area contributed by atoms with Crippen molar-refractivity contribution in [2.24, 2.45) is 5.73 Å². The highest BCUT2D eigenvalue weighted by Crippen LogP contribution is 2.12. The lowest BCUT2D eigenvalue weighted by atomic mass is 10.0. The van der Waals surface area contributed by atoms with Crippen LogP contribution in [0.15, 0.2) is 0 Å². The van der Waals surface area contributed by atoms with E-state index in [-0.39, 0.29) is 5.54 Å². The Bertz CT molecular complexity index is 130. The van der Waals surface area contributed by atoms with E-state index in [0.717, 1.165) is 26.2 Å². The first-order valence-corrected chi connectivity index (χ1v) is 5.09. The summed E-state index contributed by atoms with van der Waals surface area (Å²) in [7, 11) is 2.11. The van der Waals surface area contributed by atoms with Crippen LogP contribution >= 0.6 is 0 Å². The summed E-state index contributed by atoms with van der Waals surface area (Å²) in [5.41, 5.74) is 5.75. The molecule has 0 aliphatic heterocycles. The predicted octanol–water partition coefficient (Wildman–Crippen LogP) is 1.08. The Morgan fingerprint density at radius 3 is 2.38 bits per heavy atom. The second kappa shape index (κ2) is 6.35. The number of nitrogens with zero attached hydrogens (tertiary/aromatic N) is 1. The zero-order valence-electron chi connectivity index (χ0n) is 9.47. The molecule has 0 fully saturated rings. The molecular formula is C10H24N2O. The van der Waals surface area contributed by atoms with Gasteiger partial charge in [0.2, 0.25) is 0 Å². The molecule has 0 amide bonds. The van der Waals surface area contributed by atoms with Gasteiger partial charge in [0.25, 0.3) is 0 Å². The van der Waals surface area contributed by atoms with Crippen LogP contribution in [-0.2, 0) is 4.74 Å². The largest absolute Gasteiger partial charge is 0.380 e. The first-order valence-electron chi connectivity index (χ1n) is 5.09. The maximum absolute atomic E-state index is 5.76. The van der Waals surface area contributed by atoms with E-state index in [1.807, 2.05) is 6.92 Å². The molecule has 0 aliphatic rings. The Morgan fingerprint density at radius 2 is 2.00 bits per heavy atom. The van der Waals surface area contributed by atoms with Crippen molar-refractivity contribution in [3.05, 3.63) is 0 Å². The standard InChI is InChI=1S/C10H24N2O/c1-5-7-12(4)10(3,8-11)9-13-6-2/h5-9,11H2,1-4H3. The number of likely N-dealkylation sites (N-methyl/N-ethyl adjacent to an activating group) is 1. The molecule has 0 aliphatic carbocycles. The lowest BCUT2D eigenvalue weighted by Crippen LogP contribution is -2.53. The van der Waals surface area contributed by atoms with Crippen LogP contribution in [0.3, 0.4) is 0 Å². The molecule has 0 radical (unpaired) electrons. The van der Waals surface area contributed by atoms with E-state index in [0.29, 0.717) is 6.54 Å². The molecule has 80 valence electrons. The predicted molar refractivity (Wildman–Crippen MR) is 56.9 cm³/mol. The van der Waals surface area contributed by atoms with Gasteiger partial charge >= 0.3 is 0 Å². The average Bonchev–Trinajstić information content (AvgIpc) is 2.14. The Hall–Kier alpha value is -0.120. The van der Waals surface area contributed by atoms with Gasteiger partial charge in [0.15, 0.2) is 0 Å². The summed E-state index contributed by atoms with van der Waals surface area (Å²) in [5.74, 6) is 0. The average molecular weight is 188 g/mol. The number of hydrogen-bond acceptors (Lipinski definition) is 3. The number of nitrogens with two attached hydrogens (primary N) is 1. The third-order valence-corrected chi connectivity index (χ3v) is 2.54. The fourth-order valence-electron chi connectivity index (χ4n) is 1.25. The summed E-state index contributed by atoms with van der Waals surface area (Å²) in [4.78, 5) is 2.28. The van der Waals surface area contributed by atoms with E-state index in [1.54, 1.807) is 0 Å². The summed E-state index contributed by atoms with van der Waals surface area (Å²) < 4.78 is 5.44.